The van der Waals surface area contributed by atoms with Crippen LogP contribution in [0.25, 0.3) is 10.8 Å². The molecule has 0 aliphatic carbocycles. The van der Waals surface area contributed by atoms with Crippen molar-refractivity contribution in [3.63, 3.8) is 0 Å². The predicted molar refractivity (Wildman–Crippen MR) is 85.3 cm³/mol. The number of benzene rings is 1. The Morgan fingerprint density at radius 1 is 0.750 bits per heavy atom. The molecule has 1 heteroatoms. The molecule has 0 radical (unpaired) electrons. The monoisotopic (exact) mass is 352 g/mol. The van der Waals surface area contributed by atoms with E-state index in [0.717, 1.165) is 0 Å². The van der Waals surface area contributed by atoms with Gasteiger partial charge < -0.3 is 0 Å². The van der Waals surface area contributed by atoms with Crippen LogP contribution in [0.2, 0.25) is 0 Å². The third-order valence-electron chi connectivity index (χ3n) is 4.36. The molecule has 0 N–H and O–H groups in total. The van der Waals surface area contributed by atoms with Gasteiger partial charge in [-0.25, -0.2) is 0 Å². The third-order valence-corrected chi connectivity index (χ3v) is 4.36. The molecule has 3 aromatic carbocycles. The summed E-state index contributed by atoms with van der Waals surface area (Å²) in [6.45, 7) is 11.0. The van der Waals surface area contributed by atoms with Gasteiger partial charge >= 0.3 is 0 Å². The largest absolute Gasteiger partial charge is 0.196 e. The molecule has 0 heterocycles. The van der Waals surface area contributed by atoms with Crippen molar-refractivity contribution >= 4 is 10.8 Å². The molecule has 3 aromatic rings. The summed E-state index contributed by atoms with van der Waals surface area (Å²) in [5, 5.41) is 2.66. The standard InChI is InChI=1S/C10H15.C9H7.Ru/c1-6-7(2)9(4)10(5)8(6)3;1-2-5-9-7-3-6-8(9)4-1;/h1-5H3;1-7H;/q2*-1;. The van der Waals surface area contributed by atoms with Gasteiger partial charge in [-0.15, -0.1) is 35.7 Å². The molecule has 0 spiro atoms. The minimum absolute atomic E-state index is 0. The van der Waals surface area contributed by atoms with Crippen LogP contribution in [0, 0.1) is 34.6 Å². The summed E-state index contributed by atoms with van der Waals surface area (Å²) in [5.74, 6) is 0. The summed E-state index contributed by atoms with van der Waals surface area (Å²) in [6, 6.07) is 14.7. The van der Waals surface area contributed by atoms with Crippen LogP contribution < -0.4 is 0 Å². The summed E-state index contributed by atoms with van der Waals surface area (Å²) < 4.78 is 0. The van der Waals surface area contributed by atoms with Gasteiger partial charge in [-0.3, -0.25) is 0 Å². The summed E-state index contributed by atoms with van der Waals surface area (Å²) in [7, 11) is 0. The van der Waals surface area contributed by atoms with Crippen molar-refractivity contribution in [1.29, 1.82) is 0 Å². The molecule has 0 saturated heterocycles. The quantitative estimate of drug-likeness (QED) is 0.370. The van der Waals surface area contributed by atoms with Gasteiger partial charge in [-0.05, 0) is 0 Å². The summed E-state index contributed by atoms with van der Waals surface area (Å²) in [6.07, 6.45) is 0. The van der Waals surface area contributed by atoms with Gasteiger partial charge in [0.1, 0.15) is 0 Å². The Bertz CT molecular complexity index is 573. The molecule has 0 amide bonds. The van der Waals surface area contributed by atoms with Crippen LogP contribution in [0.1, 0.15) is 27.8 Å². The average molecular weight is 351 g/mol. The molecular formula is C19H22Ru-2. The van der Waals surface area contributed by atoms with E-state index in [1.165, 1.54) is 38.6 Å². The second kappa shape index (κ2) is 7.00. The molecule has 0 aliphatic rings. The van der Waals surface area contributed by atoms with Gasteiger partial charge in [0, 0.05) is 19.5 Å². The molecule has 0 bridgehead atoms. The molecule has 0 saturated carbocycles. The molecule has 0 aliphatic heterocycles. The Morgan fingerprint density at radius 2 is 1.25 bits per heavy atom. The van der Waals surface area contributed by atoms with Crippen molar-refractivity contribution in [1.82, 2.24) is 0 Å². The van der Waals surface area contributed by atoms with Crippen LogP contribution in [-0.4, -0.2) is 0 Å². The molecule has 0 unspecified atom stereocenters. The maximum Gasteiger partial charge on any atom is 0 e. The van der Waals surface area contributed by atoms with Crippen LogP contribution in [0.5, 0.6) is 0 Å². The zero-order valence-electron chi connectivity index (χ0n) is 12.9. The third kappa shape index (κ3) is 3.27. The van der Waals surface area contributed by atoms with Crippen LogP contribution in [0.4, 0.5) is 0 Å². The Morgan fingerprint density at radius 3 is 1.70 bits per heavy atom. The normalized spacial score (nSPS) is 9.85. The minimum atomic E-state index is 0. The van der Waals surface area contributed by atoms with Gasteiger partial charge in [-0.2, -0.15) is 39.9 Å². The second-order valence-electron chi connectivity index (χ2n) is 5.28. The Hall–Kier alpha value is -1.20. The van der Waals surface area contributed by atoms with Crippen LogP contribution in [0.3, 0.4) is 0 Å². The van der Waals surface area contributed by atoms with Crippen LogP contribution in [-0.2, 0) is 19.5 Å². The van der Waals surface area contributed by atoms with Gasteiger partial charge in [0.05, 0.1) is 0 Å². The molecule has 0 fully saturated rings. The summed E-state index contributed by atoms with van der Waals surface area (Å²) >= 11 is 0. The van der Waals surface area contributed by atoms with E-state index in [9.17, 15) is 0 Å². The Balaban J connectivity index is 0.000000191. The fourth-order valence-corrected chi connectivity index (χ4v) is 2.48. The van der Waals surface area contributed by atoms with Crippen molar-refractivity contribution in [2.45, 2.75) is 34.6 Å². The summed E-state index contributed by atoms with van der Waals surface area (Å²) in [4.78, 5) is 0. The number of rotatable bonds is 0. The SMILES string of the molecule is Cc1c(C)c(C)[c-](C)c1C.[Ru].c1cc[c-]2cccc2c1. The minimum Gasteiger partial charge on any atom is -0.196 e. The van der Waals surface area contributed by atoms with Crippen molar-refractivity contribution in [3.8, 4) is 0 Å². The van der Waals surface area contributed by atoms with E-state index in [1.54, 1.807) is 0 Å². The van der Waals surface area contributed by atoms with E-state index in [2.05, 4.69) is 77.1 Å². The molecule has 20 heavy (non-hydrogen) atoms. The first-order valence-corrected chi connectivity index (χ1v) is 6.82. The van der Waals surface area contributed by atoms with E-state index in [1.807, 2.05) is 0 Å². The molecule has 3 rings (SSSR count). The molecule has 108 valence electrons. The first-order valence-electron chi connectivity index (χ1n) is 6.82. The fourth-order valence-electron chi connectivity index (χ4n) is 2.48. The van der Waals surface area contributed by atoms with E-state index in [0.29, 0.717) is 0 Å². The molecule has 0 nitrogen and oxygen atoms in total. The molecular weight excluding hydrogens is 329 g/mol. The number of fused-ring (bicyclic) bond motifs is 1. The van der Waals surface area contributed by atoms with Crippen LogP contribution >= 0.6 is 0 Å². The van der Waals surface area contributed by atoms with Gasteiger partial charge in [0.15, 0.2) is 0 Å². The van der Waals surface area contributed by atoms with Gasteiger partial charge in [-0.1, -0.05) is 40.0 Å². The Labute approximate surface area is 135 Å². The van der Waals surface area contributed by atoms with Crippen molar-refractivity contribution in [3.05, 3.63) is 70.3 Å². The maximum atomic E-state index is 2.20. The molecule has 0 aromatic heterocycles. The van der Waals surface area contributed by atoms with Gasteiger partial charge in [0.25, 0.3) is 0 Å². The average Bonchev–Trinajstić information content (AvgIpc) is 2.97. The van der Waals surface area contributed by atoms with Gasteiger partial charge in [0.2, 0.25) is 0 Å². The smallest absolute Gasteiger partial charge is 0 e. The Kier molecular flexibility index (Phi) is 5.90. The second-order valence-corrected chi connectivity index (χ2v) is 5.28. The topological polar surface area (TPSA) is 0 Å². The van der Waals surface area contributed by atoms with E-state index < -0.39 is 0 Å². The van der Waals surface area contributed by atoms with Crippen molar-refractivity contribution in [2.75, 3.05) is 0 Å². The maximum absolute atomic E-state index is 2.20. The zero-order chi connectivity index (χ0) is 14.0. The zero-order valence-corrected chi connectivity index (χ0v) is 14.6. The molecule has 0 atom stereocenters. The van der Waals surface area contributed by atoms with E-state index in [-0.39, 0.29) is 19.5 Å². The van der Waals surface area contributed by atoms with Crippen molar-refractivity contribution in [2.24, 2.45) is 0 Å². The first-order chi connectivity index (χ1) is 9.02. The summed E-state index contributed by atoms with van der Waals surface area (Å²) in [5.41, 5.74) is 7.34. The number of hydrogen-bond acceptors (Lipinski definition) is 0. The fraction of sp³-hybridized carbons (Fsp3) is 0.263. The number of hydrogen-bond donors (Lipinski definition) is 0. The van der Waals surface area contributed by atoms with E-state index in [4.69, 9.17) is 0 Å². The van der Waals surface area contributed by atoms with Crippen molar-refractivity contribution < 1.29 is 19.5 Å². The van der Waals surface area contributed by atoms with E-state index >= 15 is 0 Å². The first kappa shape index (κ1) is 16.9. The predicted octanol–water partition coefficient (Wildman–Crippen LogP) is 5.50. The van der Waals surface area contributed by atoms with Crippen LogP contribution in [0.15, 0.2) is 42.5 Å².